The monoisotopic (exact) mass is 613 g/mol. The number of pyridine rings is 1. The number of aromatic nitrogens is 3. The number of rotatable bonds is 11. The van der Waals surface area contributed by atoms with Crippen molar-refractivity contribution in [2.75, 3.05) is 23.9 Å². The lowest BCUT2D eigenvalue weighted by molar-refractivity contribution is -0.120. The van der Waals surface area contributed by atoms with Crippen LogP contribution >= 0.6 is 0 Å². The van der Waals surface area contributed by atoms with E-state index >= 15 is 0 Å². The second-order valence-electron chi connectivity index (χ2n) is 12.6. The van der Waals surface area contributed by atoms with Crippen molar-refractivity contribution in [1.82, 2.24) is 14.8 Å². The van der Waals surface area contributed by atoms with Gasteiger partial charge in [-0.25, -0.2) is 0 Å². The number of ether oxygens (including phenoxy) is 1. The quantitative estimate of drug-likeness (QED) is 0.152. The van der Waals surface area contributed by atoms with E-state index in [2.05, 4.69) is 80.4 Å². The van der Waals surface area contributed by atoms with E-state index in [0.717, 1.165) is 64.3 Å². The maximum atomic E-state index is 14.6. The van der Waals surface area contributed by atoms with E-state index in [1.165, 1.54) is 5.56 Å². The average molecular weight is 614 g/mol. The van der Waals surface area contributed by atoms with Crippen molar-refractivity contribution in [2.24, 2.45) is 0 Å². The third kappa shape index (κ3) is 6.99. The number of carbonyl (C=O) groups excluding carboxylic acids is 1. The normalized spacial score (nSPS) is 14.2. The molecule has 2 heterocycles. The number of carbonyl (C=O) groups is 1. The van der Waals surface area contributed by atoms with Crippen LogP contribution in [0.15, 0.2) is 104 Å². The van der Waals surface area contributed by atoms with Gasteiger partial charge in [-0.2, -0.15) is 5.10 Å². The molecule has 0 N–H and O–H groups in total. The zero-order valence-corrected chi connectivity index (χ0v) is 27.3. The molecule has 7 heteroatoms. The Labute approximate surface area is 272 Å². The first-order valence-corrected chi connectivity index (χ1v) is 16.2. The lowest BCUT2D eigenvalue weighted by Crippen LogP contribution is -2.36. The van der Waals surface area contributed by atoms with Crippen molar-refractivity contribution < 1.29 is 9.53 Å². The Kier molecular flexibility index (Phi) is 9.48. The van der Waals surface area contributed by atoms with E-state index in [9.17, 15) is 4.79 Å². The minimum atomic E-state index is -0.268. The highest BCUT2D eigenvalue weighted by atomic mass is 16.5. The summed E-state index contributed by atoms with van der Waals surface area (Å²) < 4.78 is 8.27. The van der Waals surface area contributed by atoms with Gasteiger partial charge in [0.25, 0.3) is 0 Å². The first-order chi connectivity index (χ1) is 22.4. The number of amides is 1. The van der Waals surface area contributed by atoms with Crippen LogP contribution in [0.4, 0.5) is 11.4 Å². The van der Waals surface area contributed by atoms with Crippen molar-refractivity contribution in [3.8, 4) is 5.75 Å². The highest BCUT2D eigenvalue weighted by Gasteiger charge is 2.32. The van der Waals surface area contributed by atoms with Gasteiger partial charge in [0.2, 0.25) is 5.91 Å². The van der Waals surface area contributed by atoms with Gasteiger partial charge in [-0.3, -0.25) is 14.5 Å². The van der Waals surface area contributed by atoms with Gasteiger partial charge in [-0.05, 0) is 71.7 Å². The second kappa shape index (κ2) is 14.0. The van der Waals surface area contributed by atoms with Gasteiger partial charge in [-0.15, -0.1) is 0 Å². The maximum absolute atomic E-state index is 14.6. The fourth-order valence-electron chi connectivity index (χ4n) is 6.34. The van der Waals surface area contributed by atoms with E-state index in [0.29, 0.717) is 25.6 Å². The van der Waals surface area contributed by atoms with Crippen LogP contribution in [0.25, 0.3) is 0 Å². The van der Waals surface area contributed by atoms with Gasteiger partial charge >= 0.3 is 0 Å². The van der Waals surface area contributed by atoms with Crippen LogP contribution in [0.2, 0.25) is 0 Å². The molecule has 1 unspecified atom stereocenters. The summed E-state index contributed by atoms with van der Waals surface area (Å²) in [6, 6.07) is 28.8. The Bertz CT molecular complexity index is 1760. The van der Waals surface area contributed by atoms with E-state index in [-0.39, 0.29) is 11.8 Å². The number of hydrogen-bond acceptors (Lipinski definition) is 5. The third-order valence-electron chi connectivity index (χ3n) is 8.77. The van der Waals surface area contributed by atoms with Crippen LogP contribution in [0, 0.1) is 0 Å². The van der Waals surface area contributed by atoms with Crippen molar-refractivity contribution >= 4 is 17.3 Å². The van der Waals surface area contributed by atoms with E-state index in [1.807, 2.05) is 70.6 Å². The number of para-hydroxylation sites is 1. The number of fused-ring (bicyclic) bond motifs is 1. The first kappa shape index (κ1) is 31.1. The van der Waals surface area contributed by atoms with Crippen LogP contribution in [-0.2, 0) is 30.9 Å². The fourth-order valence-corrected chi connectivity index (χ4v) is 6.34. The summed E-state index contributed by atoms with van der Waals surface area (Å²) in [5.74, 6) is 0.982. The Balaban J connectivity index is 1.28. The Morgan fingerprint density at radius 1 is 0.935 bits per heavy atom. The molecule has 0 bridgehead atoms. The molecule has 0 saturated carbocycles. The number of nitrogens with zero attached hydrogens (tertiary/aromatic N) is 5. The summed E-state index contributed by atoms with van der Waals surface area (Å²) >= 11 is 0. The number of hydrogen-bond donors (Lipinski definition) is 0. The fraction of sp³-hybridized carbons (Fsp3) is 0.308. The smallest absolute Gasteiger partial charge is 0.234 e. The van der Waals surface area contributed by atoms with Crippen molar-refractivity contribution in [3.63, 3.8) is 0 Å². The van der Waals surface area contributed by atoms with Crippen LogP contribution in [0.3, 0.4) is 0 Å². The highest BCUT2D eigenvalue weighted by molar-refractivity contribution is 5.98. The third-order valence-corrected chi connectivity index (χ3v) is 8.77. The van der Waals surface area contributed by atoms with E-state index in [4.69, 9.17) is 9.72 Å². The summed E-state index contributed by atoms with van der Waals surface area (Å²) in [5.41, 5.74) is 8.45. The second-order valence-corrected chi connectivity index (χ2v) is 12.6. The zero-order chi connectivity index (χ0) is 32.0. The largest absolute Gasteiger partial charge is 0.489 e. The molecule has 6 rings (SSSR count). The molecule has 1 amide bonds. The van der Waals surface area contributed by atoms with Crippen molar-refractivity contribution in [2.45, 2.75) is 64.6 Å². The van der Waals surface area contributed by atoms with Crippen LogP contribution < -0.4 is 14.5 Å². The number of benzene rings is 3. The average Bonchev–Trinajstić information content (AvgIpc) is 3.53. The minimum absolute atomic E-state index is 0.0750. The summed E-state index contributed by atoms with van der Waals surface area (Å²) in [6.07, 6.45) is 8.38. The lowest BCUT2D eigenvalue weighted by Gasteiger charge is -2.31. The predicted molar refractivity (Wildman–Crippen MR) is 185 cm³/mol. The molecular weight excluding hydrogens is 570 g/mol. The predicted octanol–water partition coefficient (Wildman–Crippen LogP) is 7.75. The molecule has 0 fully saturated rings. The molecular formula is C39H43N5O2. The topological polar surface area (TPSA) is 63.5 Å². The van der Waals surface area contributed by atoms with Gasteiger partial charge in [0.15, 0.2) is 0 Å². The van der Waals surface area contributed by atoms with E-state index in [1.54, 1.807) is 0 Å². The molecule has 0 spiro atoms. The van der Waals surface area contributed by atoms with Crippen molar-refractivity contribution in [3.05, 3.63) is 137 Å². The molecule has 1 aliphatic rings. The van der Waals surface area contributed by atoms with Gasteiger partial charge in [-0.1, -0.05) is 74.5 Å². The van der Waals surface area contributed by atoms with Gasteiger partial charge in [0.05, 0.1) is 37.1 Å². The van der Waals surface area contributed by atoms with E-state index < -0.39 is 0 Å². The summed E-state index contributed by atoms with van der Waals surface area (Å²) in [7, 11) is 4.11. The van der Waals surface area contributed by atoms with Crippen LogP contribution in [-0.4, -0.2) is 34.8 Å². The lowest BCUT2D eigenvalue weighted by atomic mass is 9.81. The van der Waals surface area contributed by atoms with Crippen LogP contribution in [0.5, 0.6) is 5.75 Å². The molecule has 2 aromatic heterocycles. The Hall–Kier alpha value is -4.91. The van der Waals surface area contributed by atoms with Crippen molar-refractivity contribution in [1.29, 1.82) is 0 Å². The summed E-state index contributed by atoms with van der Waals surface area (Å²) in [6.45, 7) is 5.81. The van der Waals surface area contributed by atoms with Gasteiger partial charge in [0.1, 0.15) is 12.4 Å². The Morgan fingerprint density at radius 3 is 2.50 bits per heavy atom. The molecule has 1 aliphatic carbocycles. The number of anilines is 2. The molecule has 5 aromatic rings. The molecule has 7 nitrogen and oxygen atoms in total. The maximum Gasteiger partial charge on any atom is 0.234 e. The standard InChI is InChI=1S/C39H43N5O2/c1-28(2)36-21-20-32(23-40-36)44(25-30-22-41-43(24-30)26-31-14-8-9-18-37(31)42(3)4)39(45)35-17-10-16-34-33(35)15-11-19-38(34)46-27-29-12-6-5-7-13-29/h5-9,11-15,18-24,28,35H,10,16-17,25-27H2,1-4H3. The highest BCUT2D eigenvalue weighted by Crippen LogP contribution is 2.39. The first-order valence-electron chi connectivity index (χ1n) is 16.2. The molecule has 46 heavy (non-hydrogen) atoms. The molecule has 0 radical (unpaired) electrons. The van der Waals surface area contributed by atoms with Crippen LogP contribution in [0.1, 0.15) is 72.0 Å². The molecule has 0 aliphatic heterocycles. The SMILES string of the molecule is CC(C)c1ccc(N(Cc2cnn(Cc3ccccc3N(C)C)c2)C(=O)C2CCCc3c(OCc4ccccc4)cccc32)cn1. The van der Waals surface area contributed by atoms with Gasteiger partial charge < -0.3 is 14.5 Å². The molecule has 1 atom stereocenters. The van der Waals surface area contributed by atoms with Gasteiger partial charge in [0, 0.05) is 37.2 Å². The summed E-state index contributed by atoms with van der Waals surface area (Å²) in [4.78, 5) is 23.4. The minimum Gasteiger partial charge on any atom is -0.489 e. The molecule has 236 valence electrons. The zero-order valence-electron chi connectivity index (χ0n) is 27.3. The summed E-state index contributed by atoms with van der Waals surface area (Å²) in [5, 5.41) is 4.69. The molecule has 3 aromatic carbocycles. The Morgan fingerprint density at radius 2 is 1.74 bits per heavy atom. The molecule has 0 saturated heterocycles.